The molecule has 8 nitrogen and oxygen atoms in total. The zero-order chi connectivity index (χ0) is 13.2. The Hall–Kier alpha value is -2.38. The molecule has 1 heterocycles. The Morgan fingerprint density at radius 2 is 2.12 bits per heavy atom. The molecule has 0 unspecified atom stereocenters. The van der Waals surface area contributed by atoms with Crippen molar-refractivity contribution in [3.05, 3.63) is 27.9 Å². The summed E-state index contributed by atoms with van der Waals surface area (Å²) in [7, 11) is 1.36. The van der Waals surface area contributed by atoms with E-state index in [4.69, 9.17) is 5.11 Å². The van der Waals surface area contributed by atoms with Crippen LogP contribution in [0.25, 0.3) is 0 Å². The summed E-state index contributed by atoms with van der Waals surface area (Å²) >= 11 is 0. The van der Waals surface area contributed by atoms with Crippen LogP contribution in [-0.2, 0) is 11.8 Å². The average molecular weight is 241 g/mol. The van der Waals surface area contributed by atoms with E-state index < -0.39 is 22.8 Å². The normalized spacial score (nSPS) is 11.9. The van der Waals surface area contributed by atoms with Gasteiger partial charge in [-0.2, -0.15) is 0 Å². The highest BCUT2D eigenvalue weighted by Gasteiger charge is 2.23. The summed E-state index contributed by atoms with van der Waals surface area (Å²) in [5.74, 6) is -2.09. The number of aromatic nitrogens is 1. The molecule has 1 atom stereocenters. The Kier molecular flexibility index (Phi) is 3.46. The van der Waals surface area contributed by atoms with Crippen LogP contribution >= 0.6 is 0 Å². The number of carboxylic acid groups (broad SMARTS) is 1. The summed E-state index contributed by atoms with van der Waals surface area (Å²) in [6, 6.07) is 1.39. The third-order valence-corrected chi connectivity index (χ3v) is 2.23. The van der Waals surface area contributed by atoms with Gasteiger partial charge in [-0.25, -0.2) is 4.57 Å². The topological polar surface area (TPSA) is 114 Å². The number of aliphatic carboxylic acids is 1. The largest absolute Gasteiger partial charge is 0.480 e. The molecule has 92 valence electrons. The maximum absolute atomic E-state index is 11.6. The van der Waals surface area contributed by atoms with E-state index in [1.807, 2.05) is 0 Å². The molecule has 0 aliphatic heterocycles. The van der Waals surface area contributed by atoms with Gasteiger partial charge in [-0.3, -0.25) is 9.59 Å². The van der Waals surface area contributed by atoms with Crippen LogP contribution in [0.2, 0.25) is 0 Å². The highest BCUT2D eigenvalue weighted by molar-refractivity contribution is 5.95. The second kappa shape index (κ2) is 4.64. The Morgan fingerprint density at radius 3 is 2.53 bits per heavy atom. The van der Waals surface area contributed by atoms with Gasteiger partial charge in [0.05, 0.1) is 7.05 Å². The maximum Gasteiger partial charge on any atom is 0.325 e. The van der Waals surface area contributed by atoms with Crippen molar-refractivity contribution in [1.29, 1.82) is 0 Å². The molecule has 1 aromatic heterocycles. The van der Waals surface area contributed by atoms with Crippen LogP contribution in [0.1, 0.15) is 17.4 Å². The number of nitrogens with one attached hydrogen (secondary N) is 1. The van der Waals surface area contributed by atoms with Crippen LogP contribution in [0.4, 0.5) is 5.82 Å². The number of hydrogen-bond acceptors (Lipinski definition) is 4. The van der Waals surface area contributed by atoms with Crippen LogP contribution in [0, 0.1) is 10.1 Å². The van der Waals surface area contributed by atoms with Gasteiger partial charge in [0.2, 0.25) is 0 Å². The van der Waals surface area contributed by atoms with Crippen molar-refractivity contribution in [3.63, 3.8) is 0 Å². The Bertz CT molecular complexity index is 479. The van der Waals surface area contributed by atoms with Crippen molar-refractivity contribution >= 4 is 17.7 Å². The number of nitro groups is 1. The summed E-state index contributed by atoms with van der Waals surface area (Å²) < 4.78 is 1.09. The average Bonchev–Trinajstić information content (AvgIpc) is 2.59. The molecule has 0 spiro atoms. The molecule has 0 saturated carbocycles. The van der Waals surface area contributed by atoms with Crippen molar-refractivity contribution in [2.75, 3.05) is 0 Å². The highest BCUT2D eigenvalue weighted by Crippen LogP contribution is 2.14. The van der Waals surface area contributed by atoms with Gasteiger partial charge in [-0.15, -0.1) is 0 Å². The van der Waals surface area contributed by atoms with Gasteiger partial charge in [0.25, 0.3) is 5.91 Å². The summed E-state index contributed by atoms with van der Waals surface area (Å²) in [5.41, 5.74) is 0.0322. The quantitative estimate of drug-likeness (QED) is 0.574. The predicted octanol–water partition coefficient (Wildman–Crippen LogP) is 0.136. The zero-order valence-corrected chi connectivity index (χ0v) is 9.21. The summed E-state index contributed by atoms with van der Waals surface area (Å²) in [5, 5.41) is 21.4. The summed E-state index contributed by atoms with van der Waals surface area (Å²) in [6.07, 6.45) is 0. The first kappa shape index (κ1) is 12.7. The molecular weight excluding hydrogens is 230 g/mol. The van der Waals surface area contributed by atoms with E-state index in [2.05, 4.69) is 5.32 Å². The van der Waals surface area contributed by atoms with Gasteiger partial charge >= 0.3 is 11.8 Å². The van der Waals surface area contributed by atoms with E-state index >= 15 is 0 Å². The molecular formula is C9H11N3O5. The molecule has 0 aliphatic carbocycles. The van der Waals surface area contributed by atoms with Gasteiger partial charge in [-0.05, 0) is 17.9 Å². The van der Waals surface area contributed by atoms with Gasteiger partial charge in [0, 0.05) is 6.07 Å². The standard InChI is InChI=1S/C9H11N3O5/c1-5(9(14)15)10-8(13)6-3-4-7(11(6)2)12(16)17/h3-5H,1-2H3,(H,10,13)(H,14,15)/t5-/m0/s1. The third-order valence-electron chi connectivity index (χ3n) is 2.23. The van der Waals surface area contributed by atoms with E-state index in [-0.39, 0.29) is 11.5 Å². The highest BCUT2D eigenvalue weighted by atomic mass is 16.6. The maximum atomic E-state index is 11.6. The first-order valence-electron chi connectivity index (χ1n) is 4.68. The lowest BCUT2D eigenvalue weighted by atomic mass is 10.3. The Morgan fingerprint density at radius 1 is 1.53 bits per heavy atom. The van der Waals surface area contributed by atoms with Gasteiger partial charge < -0.3 is 20.5 Å². The SMILES string of the molecule is C[C@H](NC(=O)c1ccc([N+](=O)[O-])n1C)C(=O)O. The van der Waals surface area contributed by atoms with E-state index in [0.717, 1.165) is 4.57 Å². The Labute approximate surface area is 96.0 Å². The summed E-state index contributed by atoms with van der Waals surface area (Å²) in [4.78, 5) is 32.1. The molecule has 1 rings (SSSR count). The molecule has 1 aromatic rings. The minimum atomic E-state index is -1.18. The zero-order valence-electron chi connectivity index (χ0n) is 9.21. The fourth-order valence-electron chi connectivity index (χ4n) is 1.24. The van der Waals surface area contributed by atoms with E-state index in [1.165, 1.54) is 26.1 Å². The minimum Gasteiger partial charge on any atom is -0.480 e. The lowest BCUT2D eigenvalue weighted by Crippen LogP contribution is -2.39. The molecule has 0 fully saturated rings. The molecule has 0 aromatic carbocycles. The van der Waals surface area contributed by atoms with Gasteiger partial charge in [-0.1, -0.05) is 0 Å². The second-order valence-corrected chi connectivity index (χ2v) is 3.43. The molecule has 0 aliphatic rings. The first-order chi connectivity index (χ1) is 7.84. The summed E-state index contributed by atoms with van der Waals surface area (Å²) in [6.45, 7) is 1.30. The molecule has 17 heavy (non-hydrogen) atoms. The lowest BCUT2D eigenvalue weighted by molar-refractivity contribution is -0.391. The first-order valence-corrected chi connectivity index (χ1v) is 4.68. The molecule has 0 bridgehead atoms. The number of nitrogens with zero attached hydrogens (tertiary/aromatic N) is 2. The smallest absolute Gasteiger partial charge is 0.325 e. The van der Waals surface area contributed by atoms with Crippen molar-refractivity contribution in [2.24, 2.45) is 7.05 Å². The van der Waals surface area contributed by atoms with Crippen LogP contribution < -0.4 is 5.32 Å². The van der Waals surface area contributed by atoms with Gasteiger partial charge in [0.1, 0.15) is 6.04 Å². The fourth-order valence-corrected chi connectivity index (χ4v) is 1.24. The van der Waals surface area contributed by atoms with Crippen molar-refractivity contribution in [3.8, 4) is 0 Å². The number of carbonyl (C=O) groups is 2. The van der Waals surface area contributed by atoms with Crippen molar-refractivity contribution in [2.45, 2.75) is 13.0 Å². The molecule has 8 heteroatoms. The lowest BCUT2D eigenvalue weighted by Gasteiger charge is -2.07. The monoisotopic (exact) mass is 241 g/mol. The minimum absolute atomic E-state index is 0.0322. The third kappa shape index (κ3) is 2.60. The number of carbonyl (C=O) groups excluding carboxylic acids is 1. The van der Waals surface area contributed by atoms with E-state index in [1.54, 1.807) is 0 Å². The number of carboxylic acids is 1. The predicted molar refractivity (Wildman–Crippen MR) is 56.6 cm³/mol. The van der Waals surface area contributed by atoms with E-state index in [9.17, 15) is 19.7 Å². The van der Waals surface area contributed by atoms with E-state index in [0.29, 0.717) is 0 Å². The number of amides is 1. The molecule has 0 radical (unpaired) electrons. The van der Waals surface area contributed by atoms with Crippen molar-refractivity contribution in [1.82, 2.24) is 9.88 Å². The number of hydrogen-bond donors (Lipinski definition) is 2. The van der Waals surface area contributed by atoms with Gasteiger partial charge in [0.15, 0.2) is 5.69 Å². The Balaban J connectivity index is 2.91. The molecule has 2 N–H and O–H groups in total. The van der Waals surface area contributed by atoms with Crippen LogP contribution in [0.5, 0.6) is 0 Å². The van der Waals surface area contributed by atoms with Crippen LogP contribution in [0.3, 0.4) is 0 Å². The van der Waals surface area contributed by atoms with Crippen molar-refractivity contribution < 1.29 is 19.6 Å². The number of rotatable bonds is 4. The fraction of sp³-hybridized carbons (Fsp3) is 0.333. The second-order valence-electron chi connectivity index (χ2n) is 3.43. The van der Waals surface area contributed by atoms with Crippen LogP contribution in [-0.4, -0.2) is 32.5 Å². The molecule has 0 saturated heterocycles. The van der Waals surface area contributed by atoms with Crippen LogP contribution in [0.15, 0.2) is 12.1 Å². The molecule has 1 amide bonds.